The van der Waals surface area contributed by atoms with Crippen molar-refractivity contribution in [3.05, 3.63) is 25.3 Å². The molecule has 0 aromatic carbocycles. The fraction of sp³-hybridized carbons (Fsp3) is 0.750. The average Bonchev–Trinajstić information content (AvgIpc) is 3.14. The van der Waals surface area contributed by atoms with Gasteiger partial charge in [0, 0.05) is 65.1 Å². The van der Waals surface area contributed by atoms with Crippen LogP contribution >= 0.6 is 0 Å². The van der Waals surface area contributed by atoms with Gasteiger partial charge in [-0.3, -0.25) is 19.2 Å². The Bertz CT molecular complexity index is 1330. The highest BCUT2D eigenvalue weighted by atomic mass is 28.5. The molecule has 0 spiro atoms. The van der Waals surface area contributed by atoms with E-state index in [1.54, 1.807) is 0 Å². The minimum absolute atomic E-state index is 0.0136. The highest BCUT2D eigenvalue weighted by Gasteiger charge is 2.59. The molecule has 19 nitrogen and oxygen atoms in total. The van der Waals surface area contributed by atoms with Crippen LogP contribution in [0.3, 0.4) is 0 Å². The molecule has 0 unspecified atom stereocenters. The fourth-order valence-corrected chi connectivity index (χ4v) is 32.1. The van der Waals surface area contributed by atoms with Crippen molar-refractivity contribution in [2.75, 3.05) is 66.1 Å². The number of rotatable bonds is 38. The minimum atomic E-state index is -4.10. The first kappa shape index (κ1) is 62.3. The highest BCUT2D eigenvalue weighted by Crippen LogP contribution is 2.38. The summed E-state index contributed by atoms with van der Waals surface area (Å²) in [5, 5.41) is 0. The second kappa shape index (κ2) is 31.4. The second-order valence-corrected chi connectivity index (χ2v) is 41.3. The third kappa shape index (κ3) is 32.6. The van der Waals surface area contributed by atoms with Gasteiger partial charge in [0.25, 0.3) is 0 Å². The van der Waals surface area contributed by atoms with Gasteiger partial charge in [-0.25, -0.2) is 9.59 Å². The van der Waals surface area contributed by atoms with Crippen LogP contribution in [0.5, 0.6) is 0 Å². The number of carbonyl (C=O) groups excluding carboxylic acids is 6. The first-order valence-electron chi connectivity index (χ1n) is 21.9. The van der Waals surface area contributed by atoms with Crippen LogP contribution in [-0.2, 0) is 87.2 Å². The summed E-state index contributed by atoms with van der Waals surface area (Å²) in [6.07, 6.45) is 2.87. The zero-order valence-electron chi connectivity index (χ0n) is 41.1. The summed E-state index contributed by atoms with van der Waals surface area (Å²) in [4.78, 5) is 70.8. The maximum atomic E-state index is 11.9. The maximum Gasteiger partial charge on any atom is 0.472 e. The zero-order chi connectivity index (χ0) is 49.8. The lowest BCUT2D eigenvalue weighted by Gasteiger charge is -2.48. The summed E-state index contributed by atoms with van der Waals surface area (Å²) in [6.45, 7) is 29.1. The third-order valence-corrected chi connectivity index (χ3v) is 32.8. The van der Waals surface area contributed by atoms with Crippen LogP contribution in [-0.4, -0.2) is 153 Å². The van der Waals surface area contributed by atoms with E-state index in [-0.39, 0.29) is 78.2 Å². The molecule has 0 aromatic heterocycles. The van der Waals surface area contributed by atoms with Crippen molar-refractivity contribution in [2.24, 2.45) is 0 Å². The van der Waals surface area contributed by atoms with Crippen LogP contribution < -0.4 is 0 Å². The molecule has 0 aliphatic heterocycles. The SMILES string of the molecule is C=CC(=O)OCCOCCC[Si](O[Si](C)(C)CCOC(C)=O)(O[Si](C)(C)CCOC(C)=O)O[Si](CCCOCCOC(=O)C=C)(O[Si](C)(C)CCOC(C)=O)O[Si](C)(C)CCOC(C)=O. The van der Waals surface area contributed by atoms with Crippen LogP contribution in [0.25, 0.3) is 0 Å². The Morgan fingerprint density at radius 1 is 0.354 bits per heavy atom. The van der Waals surface area contributed by atoms with Gasteiger partial charge in [0.15, 0.2) is 33.3 Å². The molecule has 0 saturated carbocycles. The van der Waals surface area contributed by atoms with Crippen LogP contribution in [0.4, 0.5) is 0 Å². The average molecular weight is 1030 g/mol. The van der Waals surface area contributed by atoms with E-state index in [0.717, 1.165) is 12.2 Å². The van der Waals surface area contributed by atoms with Crippen LogP contribution in [0.2, 0.25) is 88.6 Å². The van der Waals surface area contributed by atoms with Crippen LogP contribution in [0, 0.1) is 0 Å². The van der Waals surface area contributed by atoms with Crippen molar-refractivity contribution in [2.45, 2.75) is 129 Å². The first-order chi connectivity index (χ1) is 30.1. The normalized spacial score (nSPS) is 12.5. The van der Waals surface area contributed by atoms with Gasteiger partial charge in [-0.2, -0.15) is 0 Å². The van der Waals surface area contributed by atoms with Crippen molar-refractivity contribution in [3.8, 4) is 0 Å². The van der Waals surface area contributed by atoms with Gasteiger partial charge < -0.3 is 58.5 Å². The molecule has 0 radical (unpaired) electrons. The zero-order valence-corrected chi connectivity index (χ0v) is 47.1. The number of ether oxygens (including phenoxy) is 8. The second-order valence-electron chi connectivity index (χ2n) is 17.5. The monoisotopic (exact) mass is 1030 g/mol. The van der Waals surface area contributed by atoms with E-state index in [9.17, 15) is 28.8 Å². The van der Waals surface area contributed by atoms with Crippen LogP contribution in [0.1, 0.15) is 40.5 Å². The lowest BCUT2D eigenvalue weighted by Crippen LogP contribution is -2.68. The summed E-state index contributed by atoms with van der Waals surface area (Å²) >= 11 is 0. The van der Waals surface area contributed by atoms with Crippen molar-refractivity contribution in [1.29, 1.82) is 0 Å². The Morgan fingerprint density at radius 3 is 0.846 bits per heavy atom. The molecule has 0 amide bonds. The summed E-state index contributed by atoms with van der Waals surface area (Å²) < 4.78 is 80.6. The molecule has 0 aliphatic carbocycles. The highest BCUT2D eigenvalue weighted by molar-refractivity contribution is 6.93. The van der Waals surface area contributed by atoms with E-state index in [1.165, 1.54) is 27.7 Å². The Balaban J connectivity index is 7.81. The summed E-state index contributed by atoms with van der Waals surface area (Å²) in [5.41, 5.74) is 0. The molecule has 0 heterocycles. The van der Waals surface area contributed by atoms with Gasteiger partial charge in [-0.05, 0) is 89.4 Å². The number of esters is 6. The van der Waals surface area contributed by atoms with Crippen molar-refractivity contribution in [1.82, 2.24) is 0 Å². The quantitative estimate of drug-likeness (QED) is 0.0218. The molecule has 0 rings (SSSR count). The third-order valence-electron chi connectivity index (χ3n) is 8.90. The Kier molecular flexibility index (Phi) is 30.1. The molecule has 0 saturated heterocycles. The molecule has 0 fully saturated rings. The lowest BCUT2D eigenvalue weighted by atomic mass is 10.5. The number of hydrogen-bond acceptors (Lipinski definition) is 19. The van der Waals surface area contributed by atoms with Crippen molar-refractivity contribution >= 4 is 86.7 Å². The van der Waals surface area contributed by atoms with E-state index in [4.69, 9.17) is 58.5 Å². The van der Waals surface area contributed by atoms with E-state index in [2.05, 4.69) is 13.2 Å². The Morgan fingerprint density at radius 2 is 0.615 bits per heavy atom. The predicted octanol–water partition coefficient (Wildman–Crippen LogP) is 6.29. The first-order valence-corrected chi connectivity index (χ1v) is 38.2. The molecule has 0 aromatic rings. The van der Waals surface area contributed by atoms with E-state index < -0.39 is 86.7 Å². The summed E-state index contributed by atoms with van der Waals surface area (Å²) in [6, 6.07) is 1.98. The van der Waals surface area contributed by atoms with Gasteiger partial charge in [0.05, 0.1) is 39.6 Å². The van der Waals surface area contributed by atoms with Gasteiger partial charge in [0.2, 0.25) is 0 Å². The fourth-order valence-electron chi connectivity index (χ4n) is 5.82. The molecule has 25 heteroatoms. The standard InChI is InChI=1S/C40H78O19Si6/c1-15-39(45)53-23-21-47-19-17-29-64(55-60(7,8)31-25-49-35(3)41,56-61(9,10)32-26-50-36(4)42)59-65(57-62(11,12)33-27-51-37(5)43,58-63(13,14)34-28-52-38(6)44)30-18-20-48-22-24-54-40(46)16-2/h15-16H,1-2,17-34H2,3-14H3. The summed E-state index contributed by atoms with van der Waals surface area (Å²) in [7, 11) is -19.8. The van der Waals surface area contributed by atoms with E-state index in [0.29, 0.717) is 37.0 Å². The van der Waals surface area contributed by atoms with Gasteiger partial charge in [-0.15, -0.1) is 0 Å². The Hall–Kier alpha value is -2.68. The van der Waals surface area contributed by atoms with Crippen molar-refractivity contribution < 1.29 is 87.2 Å². The minimum Gasteiger partial charge on any atom is -0.466 e. The van der Waals surface area contributed by atoms with E-state index >= 15 is 0 Å². The molecular formula is C40H78O19Si6. The predicted molar refractivity (Wildman–Crippen MR) is 255 cm³/mol. The topological polar surface area (TPSA) is 222 Å². The van der Waals surface area contributed by atoms with Gasteiger partial charge in [0.1, 0.15) is 13.2 Å². The van der Waals surface area contributed by atoms with Crippen LogP contribution in [0.15, 0.2) is 25.3 Å². The Labute approximate surface area is 393 Å². The molecule has 376 valence electrons. The van der Waals surface area contributed by atoms with Gasteiger partial charge >= 0.3 is 53.4 Å². The lowest BCUT2D eigenvalue weighted by molar-refractivity contribution is -0.141. The smallest absolute Gasteiger partial charge is 0.466 e. The van der Waals surface area contributed by atoms with Gasteiger partial charge in [-0.1, -0.05) is 13.2 Å². The van der Waals surface area contributed by atoms with E-state index in [1.807, 2.05) is 52.4 Å². The maximum absolute atomic E-state index is 11.9. The summed E-state index contributed by atoms with van der Waals surface area (Å²) in [5.74, 6) is -2.88. The molecule has 0 atom stereocenters. The largest absolute Gasteiger partial charge is 0.472 e. The molecule has 65 heavy (non-hydrogen) atoms. The molecular weight excluding hydrogens is 953 g/mol. The number of hydrogen-bond donors (Lipinski definition) is 0. The molecule has 0 aliphatic rings. The van der Waals surface area contributed by atoms with Crippen molar-refractivity contribution in [3.63, 3.8) is 0 Å². The molecule has 0 N–H and O–H groups in total. The number of carbonyl (C=O) groups is 6. The molecule has 0 bridgehead atoms.